The number of halogens is 1. The van der Waals surface area contributed by atoms with Crippen molar-refractivity contribution >= 4 is 33.6 Å². The van der Waals surface area contributed by atoms with Gasteiger partial charge in [-0.3, -0.25) is 4.79 Å². The second-order valence-corrected chi connectivity index (χ2v) is 7.60. The molecule has 156 valence electrons. The third-order valence-corrected chi connectivity index (χ3v) is 5.61. The van der Waals surface area contributed by atoms with Crippen LogP contribution in [0.15, 0.2) is 52.5 Å². The van der Waals surface area contributed by atoms with Crippen LogP contribution in [0.5, 0.6) is 11.5 Å². The molecule has 3 rings (SSSR count). The highest BCUT2D eigenvalue weighted by atomic mass is 79.9. The lowest BCUT2D eigenvalue weighted by atomic mass is 10.1. The van der Waals surface area contributed by atoms with Gasteiger partial charge in [0, 0.05) is 36.3 Å². The molecule has 0 aliphatic carbocycles. The van der Waals surface area contributed by atoms with Crippen LogP contribution in [0.3, 0.4) is 0 Å². The number of carbonyl (C=O) groups excluding carboxylic acids is 1. The molecule has 0 N–H and O–H groups in total. The number of ether oxygens (including phenoxy) is 2. The first-order valence-electron chi connectivity index (χ1n) is 9.78. The van der Waals surface area contributed by atoms with Crippen molar-refractivity contribution < 1.29 is 14.3 Å². The van der Waals surface area contributed by atoms with E-state index in [0.29, 0.717) is 36.8 Å². The van der Waals surface area contributed by atoms with Crippen molar-refractivity contribution in [3.8, 4) is 17.6 Å². The highest BCUT2D eigenvalue weighted by molar-refractivity contribution is 9.10. The first-order chi connectivity index (χ1) is 14.6. The second kappa shape index (κ2) is 10.2. The predicted octanol–water partition coefficient (Wildman–Crippen LogP) is 4.11. The molecule has 1 fully saturated rings. The van der Waals surface area contributed by atoms with Gasteiger partial charge in [-0.2, -0.15) is 5.26 Å². The number of anilines is 1. The smallest absolute Gasteiger partial charge is 0.264 e. The van der Waals surface area contributed by atoms with E-state index in [1.807, 2.05) is 25.1 Å². The van der Waals surface area contributed by atoms with Crippen LogP contribution in [0.2, 0.25) is 0 Å². The Morgan fingerprint density at radius 3 is 2.47 bits per heavy atom. The lowest BCUT2D eigenvalue weighted by Gasteiger charge is -2.36. The summed E-state index contributed by atoms with van der Waals surface area (Å²) in [4.78, 5) is 16.9. The Morgan fingerprint density at radius 2 is 1.87 bits per heavy atom. The van der Waals surface area contributed by atoms with E-state index < -0.39 is 0 Å². The van der Waals surface area contributed by atoms with Crippen LogP contribution in [0.4, 0.5) is 5.69 Å². The molecule has 0 atom stereocenters. The van der Waals surface area contributed by atoms with Gasteiger partial charge in [-0.05, 0) is 42.8 Å². The zero-order chi connectivity index (χ0) is 21.5. The first-order valence-corrected chi connectivity index (χ1v) is 10.6. The summed E-state index contributed by atoms with van der Waals surface area (Å²) in [6.45, 7) is 4.97. The fourth-order valence-electron chi connectivity index (χ4n) is 3.36. The summed E-state index contributed by atoms with van der Waals surface area (Å²) in [6, 6.07) is 15.7. The van der Waals surface area contributed by atoms with E-state index in [9.17, 15) is 10.1 Å². The SMILES string of the molecule is CCOc1cc(/C=C(/C#N)C(=O)N2CCN(c3ccccc3)CC2)c(Br)cc1OC. The Morgan fingerprint density at radius 1 is 1.17 bits per heavy atom. The highest BCUT2D eigenvalue weighted by Gasteiger charge is 2.24. The molecule has 2 aromatic rings. The Hall–Kier alpha value is -2.98. The molecule has 0 bridgehead atoms. The molecular formula is C23H24BrN3O3. The number of nitrogens with zero attached hydrogens (tertiary/aromatic N) is 3. The minimum absolute atomic E-state index is 0.0940. The minimum atomic E-state index is -0.258. The Balaban J connectivity index is 1.76. The molecule has 1 saturated heterocycles. The lowest BCUT2D eigenvalue weighted by molar-refractivity contribution is -0.126. The van der Waals surface area contributed by atoms with Crippen LogP contribution in [0.25, 0.3) is 6.08 Å². The Labute approximate surface area is 185 Å². The number of methoxy groups -OCH3 is 1. The van der Waals surface area contributed by atoms with E-state index >= 15 is 0 Å². The fourth-order valence-corrected chi connectivity index (χ4v) is 3.80. The maximum Gasteiger partial charge on any atom is 0.264 e. The van der Waals surface area contributed by atoms with Gasteiger partial charge in [-0.15, -0.1) is 0 Å². The highest BCUT2D eigenvalue weighted by Crippen LogP contribution is 2.34. The maximum atomic E-state index is 13.0. The van der Waals surface area contributed by atoms with Crippen LogP contribution in [0.1, 0.15) is 12.5 Å². The molecule has 0 aromatic heterocycles. The molecule has 0 unspecified atom stereocenters. The van der Waals surface area contributed by atoms with Crippen molar-refractivity contribution in [2.45, 2.75) is 6.92 Å². The van der Waals surface area contributed by atoms with Crippen LogP contribution >= 0.6 is 15.9 Å². The number of carbonyl (C=O) groups is 1. The van der Waals surface area contributed by atoms with Gasteiger partial charge < -0.3 is 19.3 Å². The molecule has 0 saturated carbocycles. The number of para-hydroxylation sites is 1. The largest absolute Gasteiger partial charge is 0.493 e. The van der Waals surface area contributed by atoms with Crippen molar-refractivity contribution in [2.24, 2.45) is 0 Å². The average Bonchev–Trinajstić information content (AvgIpc) is 2.79. The summed E-state index contributed by atoms with van der Waals surface area (Å²) in [7, 11) is 1.57. The summed E-state index contributed by atoms with van der Waals surface area (Å²) in [6.07, 6.45) is 1.60. The van der Waals surface area contributed by atoms with Gasteiger partial charge in [0.1, 0.15) is 11.6 Å². The molecule has 30 heavy (non-hydrogen) atoms. The van der Waals surface area contributed by atoms with Gasteiger partial charge in [0.15, 0.2) is 11.5 Å². The molecule has 0 spiro atoms. The summed E-state index contributed by atoms with van der Waals surface area (Å²) < 4.78 is 11.7. The normalized spacial score (nSPS) is 14.3. The first kappa shape index (κ1) is 21.7. The van der Waals surface area contributed by atoms with Gasteiger partial charge in [0.05, 0.1) is 13.7 Å². The zero-order valence-electron chi connectivity index (χ0n) is 17.1. The number of hydrogen-bond acceptors (Lipinski definition) is 5. The van der Waals surface area contributed by atoms with Crippen LogP contribution in [-0.4, -0.2) is 50.7 Å². The third-order valence-electron chi connectivity index (χ3n) is 4.92. The predicted molar refractivity (Wildman–Crippen MR) is 121 cm³/mol. The molecule has 1 heterocycles. The fraction of sp³-hybridized carbons (Fsp3) is 0.304. The standard InChI is InChI=1S/C23H24BrN3O3/c1-3-30-22-14-17(20(24)15-21(22)29-2)13-18(16-25)23(28)27-11-9-26(10-12-27)19-7-5-4-6-8-19/h4-8,13-15H,3,9-12H2,1-2H3/b18-13-. The molecular weight excluding hydrogens is 446 g/mol. The Bertz CT molecular complexity index is 962. The van der Waals surface area contributed by atoms with E-state index in [1.54, 1.807) is 30.2 Å². The van der Waals surface area contributed by atoms with Crippen molar-refractivity contribution in [1.29, 1.82) is 5.26 Å². The number of piperazine rings is 1. The van der Waals surface area contributed by atoms with Crippen LogP contribution in [0, 0.1) is 11.3 Å². The summed E-state index contributed by atoms with van der Waals surface area (Å²) in [5.74, 6) is 0.893. The minimum Gasteiger partial charge on any atom is -0.493 e. The molecule has 7 heteroatoms. The molecule has 6 nitrogen and oxygen atoms in total. The molecule has 2 aromatic carbocycles. The van der Waals surface area contributed by atoms with Gasteiger partial charge in [0.2, 0.25) is 0 Å². The van der Waals surface area contributed by atoms with E-state index in [0.717, 1.165) is 23.2 Å². The van der Waals surface area contributed by atoms with Gasteiger partial charge in [0.25, 0.3) is 5.91 Å². The van der Waals surface area contributed by atoms with Gasteiger partial charge in [-0.1, -0.05) is 34.1 Å². The maximum absolute atomic E-state index is 13.0. The zero-order valence-corrected chi connectivity index (χ0v) is 18.7. The van der Waals surface area contributed by atoms with E-state index in [2.05, 4.69) is 39.0 Å². The van der Waals surface area contributed by atoms with Crippen molar-refractivity contribution in [2.75, 3.05) is 44.8 Å². The van der Waals surface area contributed by atoms with Crippen molar-refractivity contribution in [3.05, 3.63) is 58.1 Å². The quantitative estimate of drug-likeness (QED) is 0.470. The number of amides is 1. The van der Waals surface area contributed by atoms with Gasteiger partial charge >= 0.3 is 0 Å². The van der Waals surface area contributed by atoms with E-state index in [4.69, 9.17) is 9.47 Å². The molecule has 1 aliphatic heterocycles. The van der Waals surface area contributed by atoms with Crippen LogP contribution < -0.4 is 14.4 Å². The summed E-state index contributed by atoms with van der Waals surface area (Å²) in [5, 5.41) is 9.64. The van der Waals surface area contributed by atoms with Crippen LogP contribution in [-0.2, 0) is 4.79 Å². The van der Waals surface area contributed by atoms with Crippen molar-refractivity contribution in [1.82, 2.24) is 4.90 Å². The molecule has 1 amide bonds. The number of benzene rings is 2. The Kier molecular flexibility index (Phi) is 7.36. The number of nitriles is 1. The van der Waals surface area contributed by atoms with Gasteiger partial charge in [-0.25, -0.2) is 0 Å². The third kappa shape index (κ3) is 4.95. The lowest BCUT2D eigenvalue weighted by Crippen LogP contribution is -2.49. The second-order valence-electron chi connectivity index (χ2n) is 6.74. The number of rotatable bonds is 6. The monoisotopic (exact) mass is 469 g/mol. The van der Waals surface area contributed by atoms with E-state index in [1.165, 1.54) is 0 Å². The van der Waals surface area contributed by atoms with Crippen molar-refractivity contribution in [3.63, 3.8) is 0 Å². The summed E-state index contributed by atoms with van der Waals surface area (Å²) >= 11 is 3.49. The topological polar surface area (TPSA) is 65.8 Å². The molecule has 1 aliphatic rings. The average molecular weight is 470 g/mol. The summed E-state index contributed by atoms with van der Waals surface area (Å²) in [5.41, 5.74) is 1.93. The van der Waals surface area contributed by atoms with E-state index in [-0.39, 0.29) is 11.5 Å². The number of hydrogen-bond donors (Lipinski definition) is 0. The molecule has 0 radical (unpaired) electrons.